The molecule has 0 spiro atoms. The lowest BCUT2D eigenvalue weighted by molar-refractivity contribution is -0.124. The van der Waals surface area contributed by atoms with Gasteiger partial charge in [-0.05, 0) is 17.7 Å². The molecular weight excluding hydrogens is 268 g/mol. The van der Waals surface area contributed by atoms with Gasteiger partial charge in [0.2, 0.25) is 5.91 Å². The van der Waals surface area contributed by atoms with Gasteiger partial charge in [0.15, 0.2) is 0 Å². The van der Waals surface area contributed by atoms with Crippen LogP contribution in [0, 0.1) is 0 Å². The number of piperazine rings is 1. The van der Waals surface area contributed by atoms with Crippen molar-refractivity contribution in [1.29, 1.82) is 0 Å². The average molecular weight is 281 g/mol. The van der Waals surface area contributed by atoms with Crippen LogP contribution >= 0.6 is 11.6 Å². The summed E-state index contributed by atoms with van der Waals surface area (Å²) in [6.07, 6.45) is -0.407. The van der Waals surface area contributed by atoms with Gasteiger partial charge >= 0.3 is 6.03 Å². The van der Waals surface area contributed by atoms with Crippen LogP contribution < -0.4 is 21.3 Å². The molecule has 1 aromatic rings. The predicted octanol–water partition coefficient (Wildman–Crippen LogP) is 0.108. The van der Waals surface area contributed by atoms with E-state index in [0.717, 1.165) is 5.56 Å². The fourth-order valence-electron chi connectivity index (χ4n) is 2.38. The lowest BCUT2D eigenvalue weighted by Gasteiger charge is -2.40. The smallest absolute Gasteiger partial charge is 0.320 e. The Labute approximate surface area is 114 Å². The van der Waals surface area contributed by atoms with E-state index in [-0.39, 0.29) is 11.9 Å². The largest absolute Gasteiger partial charge is 0.322 e. The Kier molecular flexibility index (Phi) is 3.14. The third kappa shape index (κ3) is 2.42. The summed E-state index contributed by atoms with van der Waals surface area (Å²) in [5, 5.41) is 12.0. The highest BCUT2D eigenvalue weighted by atomic mass is 35.5. The minimum absolute atomic E-state index is 0.0183. The van der Waals surface area contributed by atoms with Crippen molar-refractivity contribution in [3.05, 3.63) is 34.9 Å². The molecule has 0 saturated carbocycles. The molecule has 0 radical (unpaired) electrons. The van der Waals surface area contributed by atoms with Gasteiger partial charge in [-0.1, -0.05) is 23.7 Å². The second-order valence-electron chi connectivity index (χ2n) is 4.60. The van der Waals surface area contributed by atoms with Crippen molar-refractivity contribution in [1.82, 2.24) is 21.3 Å². The molecule has 7 heteroatoms. The number of amides is 3. The van der Waals surface area contributed by atoms with Gasteiger partial charge in [-0.3, -0.25) is 15.4 Å². The second kappa shape index (κ2) is 4.80. The Balaban J connectivity index is 1.76. The molecule has 4 N–H and O–H groups in total. The van der Waals surface area contributed by atoms with Gasteiger partial charge in [-0.2, -0.15) is 0 Å². The van der Waals surface area contributed by atoms with Gasteiger partial charge in [0.25, 0.3) is 0 Å². The Hall–Kier alpha value is -1.63. The van der Waals surface area contributed by atoms with Crippen LogP contribution in [0.4, 0.5) is 4.79 Å². The van der Waals surface area contributed by atoms with Crippen molar-refractivity contribution >= 4 is 23.5 Å². The lowest BCUT2D eigenvalue weighted by atomic mass is 10.0. The van der Waals surface area contributed by atoms with E-state index >= 15 is 0 Å². The van der Waals surface area contributed by atoms with Gasteiger partial charge in [0.05, 0.1) is 0 Å². The molecule has 3 rings (SSSR count). The number of rotatable bonds is 1. The zero-order valence-electron chi connectivity index (χ0n) is 9.94. The molecule has 2 fully saturated rings. The maximum Gasteiger partial charge on any atom is 0.322 e. The molecule has 3 atom stereocenters. The number of hydrogen-bond donors (Lipinski definition) is 4. The molecular formula is C12H13ClN4O2. The quantitative estimate of drug-likeness (QED) is 0.588. The first-order valence-corrected chi connectivity index (χ1v) is 6.37. The number of carbonyl (C=O) groups excluding carboxylic acids is 2. The molecule has 3 unspecified atom stereocenters. The minimum Gasteiger partial charge on any atom is -0.320 e. The molecule has 19 heavy (non-hydrogen) atoms. The van der Waals surface area contributed by atoms with Gasteiger partial charge in [-0.25, -0.2) is 4.79 Å². The van der Waals surface area contributed by atoms with Crippen molar-refractivity contribution in [2.45, 2.75) is 18.2 Å². The summed E-state index contributed by atoms with van der Waals surface area (Å²) < 4.78 is 0. The standard InChI is InChI=1S/C12H13ClN4O2/c13-7-3-1-6(2-4-7)8-5-14-9-10(15-8)16-12(19)17-11(9)18/h1-4,8-10,14-15H,5H2,(H2,16,17,18,19). The number of hydrogen-bond acceptors (Lipinski definition) is 4. The van der Waals surface area contributed by atoms with E-state index in [1.165, 1.54) is 0 Å². The van der Waals surface area contributed by atoms with E-state index in [4.69, 9.17) is 11.6 Å². The Morgan fingerprint density at radius 3 is 2.63 bits per heavy atom. The van der Waals surface area contributed by atoms with Crippen molar-refractivity contribution in [3.63, 3.8) is 0 Å². The van der Waals surface area contributed by atoms with Gasteiger partial charge in [0.1, 0.15) is 12.2 Å². The highest BCUT2D eigenvalue weighted by Gasteiger charge is 2.39. The topological polar surface area (TPSA) is 82.3 Å². The molecule has 6 nitrogen and oxygen atoms in total. The molecule has 0 bridgehead atoms. The maximum absolute atomic E-state index is 11.6. The van der Waals surface area contributed by atoms with Crippen molar-refractivity contribution in [2.75, 3.05) is 6.54 Å². The van der Waals surface area contributed by atoms with Crippen molar-refractivity contribution < 1.29 is 9.59 Å². The Morgan fingerprint density at radius 1 is 1.16 bits per heavy atom. The predicted molar refractivity (Wildman–Crippen MR) is 69.6 cm³/mol. The van der Waals surface area contributed by atoms with E-state index in [1.54, 1.807) is 0 Å². The number of nitrogens with one attached hydrogen (secondary N) is 4. The van der Waals surface area contributed by atoms with Crippen LogP contribution in [0.25, 0.3) is 0 Å². The molecule has 0 aromatic heterocycles. The first-order chi connectivity index (χ1) is 9.13. The third-order valence-electron chi connectivity index (χ3n) is 3.33. The van der Waals surface area contributed by atoms with Crippen LogP contribution in [0.5, 0.6) is 0 Å². The van der Waals surface area contributed by atoms with Crippen LogP contribution in [0.3, 0.4) is 0 Å². The first-order valence-electron chi connectivity index (χ1n) is 6.00. The summed E-state index contributed by atoms with van der Waals surface area (Å²) in [5.41, 5.74) is 1.05. The molecule has 2 aliphatic rings. The van der Waals surface area contributed by atoms with E-state index in [1.807, 2.05) is 24.3 Å². The van der Waals surface area contributed by atoms with Crippen LogP contribution in [0.2, 0.25) is 5.02 Å². The molecule has 3 amide bonds. The zero-order chi connectivity index (χ0) is 13.4. The minimum atomic E-state index is -0.475. The van der Waals surface area contributed by atoms with E-state index in [0.29, 0.717) is 11.6 Å². The summed E-state index contributed by atoms with van der Waals surface area (Å²) in [6, 6.07) is 6.58. The van der Waals surface area contributed by atoms with Gasteiger partial charge in [0, 0.05) is 17.6 Å². The summed E-state index contributed by atoms with van der Waals surface area (Å²) in [6.45, 7) is 0.603. The summed E-state index contributed by atoms with van der Waals surface area (Å²) in [7, 11) is 0. The number of fused-ring (bicyclic) bond motifs is 1. The Bertz CT molecular complexity index is 519. The maximum atomic E-state index is 11.6. The summed E-state index contributed by atoms with van der Waals surface area (Å²) in [4.78, 5) is 22.9. The Morgan fingerprint density at radius 2 is 1.89 bits per heavy atom. The zero-order valence-corrected chi connectivity index (χ0v) is 10.7. The normalized spacial score (nSPS) is 30.3. The monoisotopic (exact) mass is 280 g/mol. The lowest BCUT2D eigenvalue weighted by Crippen LogP contribution is -2.73. The van der Waals surface area contributed by atoms with Crippen LogP contribution in [-0.4, -0.2) is 30.7 Å². The number of benzene rings is 1. The molecule has 0 aliphatic carbocycles. The fraction of sp³-hybridized carbons (Fsp3) is 0.333. The highest BCUT2D eigenvalue weighted by Crippen LogP contribution is 2.19. The number of halogens is 1. The third-order valence-corrected chi connectivity index (χ3v) is 3.59. The van der Waals surface area contributed by atoms with Crippen LogP contribution in [0.1, 0.15) is 11.6 Å². The number of carbonyl (C=O) groups is 2. The number of imide groups is 1. The number of urea groups is 1. The van der Waals surface area contributed by atoms with E-state index < -0.39 is 18.2 Å². The van der Waals surface area contributed by atoms with Crippen molar-refractivity contribution in [3.8, 4) is 0 Å². The van der Waals surface area contributed by atoms with Gasteiger partial charge in [-0.15, -0.1) is 0 Å². The summed E-state index contributed by atoms with van der Waals surface area (Å²) in [5.74, 6) is -0.309. The SMILES string of the molecule is O=C1NC(=O)C2NCC(c3ccc(Cl)cc3)NC2N1. The van der Waals surface area contributed by atoms with E-state index in [9.17, 15) is 9.59 Å². The first kappa shape index (κ1) is 12.4. The highest BCUT2D eigenvalue weighted by molar-refractivity contribution is 6.30. The fourth-order valence-corrected chi connectivity index (χ4v) is 2.51. The molecule has 2 heterocycles. The molecule has 2 saturated heterocycles. The molecule has 1 aromatic carbocycles. The molecule has 2 aliphatic heterocycles. The van der Waals surface area contributed by atoms with Crippen molar-refractivity contribution in [2.24, 2.45) is 0 Å². The second-order valence-corrected chi connectivity index (χ2v) is 5.03. The molecule has 100 valence electrons. The van der Waals surface area contributed by atoms with Gasteiger partial charge < -0.3 is 10.6 Å². The van der Waals surface area contributed by atoms with Crippen LogP contribution in [0.15, 0.2) is 24.3 Å². The van der Waals surface area contributed by atoms with Crippen LogP contribution in [-0.2, 0) is 4.79 Å². The average Bonchev–Trinajstić information content (AvgIpc) is 2.38. The van der Waals surface area contributed by atoms with E-state index in [2.05, 4.69) is 21.3 Å². The summed E-state index contributed by atoms with van der Waals surface area (Å²) >= 11 is 5.85.